The van der Waals surface area contributed by atoms with Crippen molar-refractivity contribution in [2.45, 2.75) is 51.1 Å². The third kappa shape index (κ3) is 2.35. The molecule has 0 aromatic heterocycles. The van der Waals surface area contributed by atoms with Gasteiger partial charge in [-0.3, -0.25) is 4.79 Å². The van der Waals surface area contributed by atoms with Crippen LogP contribution in [-0.2, 0) is 9.53 Å². The molecule has 4 aliphatic carbocycles. The quantitative estimate of drug-likeness (QED) is 0.307. The molecular formula is C17H18F6O2. The van der Waals surface area contributed by atoms with E-state index in [0.29, 0.717) is 12.8 Å². The minimum absolute atomic E-state index is 0.0690. The van der Waals surface area contributed by atoms with Gasteiger partial charge < -0.3 is 4.74 Å². The molecule has 2 nitrogen and oxygen atoms in total. The highest BCUT2D eigenvalue weighted by atomic mass is 19.4. The molecule has 0 heterocycles. The molecule has 4 rings (SSSR count). The second kappa shape index (κ2) is 5.16. The number of hydrogen-bond acceptors (Lipinski definition) is 2. The van der Waals surface area contributed by atoms with Gasteiger partial charge in [-0.25, -0.2) is 0 Å². The van der Waals surface area contributed by atoms with Crippen molar-refractivity contribution in [3.8, 4) is 0 Å². The highest BCUT2D eigenvalue weighted by molar-refractivity contribution is 5.69. The molecule has 140 valence electrons. The first kappa shape index (κ1) is 17.2. The summed E-state index contributed by atoms with van der Waals surface area (Å²) in [4.78, 5) is 11.5. The minimum atomic E-state index is -4.97. The van der Waals surface area contributed by atoms with E-state index >= 15 is 0 Å². The summed E-state index contributed by atoms with van der Waals surface area (Å²) >= 11 is 0. The lowest BCUT2D eigenvalue weighted by Gasteiger charge is -2.40. The van der Waals surface area contributed by atoms with Crippen LogP contribution in [0.4, 0.5) is 26.3 Å². The van der Waals surface area contributed by atoms with Crippen LogP contribution in [-0.4, -0.2) is 24.4 Å². The van der Waals surface area contributed by atoms with Crippen molar-refractivity contribution in [3.63, 3.8) is 0 Å². The molecule has 3 saturated carbocycles. The zero-order valence-electron chi connectivity index (χ0n) is 13.5. The first-order valence-electron chi connectivity index (χ1n) is 8.62. The van der Waals surface area contributed by atoms with Crippen molar-refractivity contribution in [3.05, 3.63) is 11.1 Å². The molecule has 25 heavy (non-hydrogen) atoms. The van der Waals surface area contributed by atoms with E-state index in [2.05, 4.69) is 0 Å². The van der Waals surface area contributed by atoms with Crippen molar-refractivity contribution in [2.24, 2.45) is 35.5 Å². The molecule has 7 unspecified atom stereocenters. The van der Waals surface area contributed by atoms with Crippen molar-refractivity contribution in [1.29, 1.82) is 0 Å². The maximum atomic E-state index is 13.4. The van der Waals surface area contributed by atoms with Crippen LogP contribution in [0.2, 0.25) is 0 Å². The normalized spacial score (nSPS) is 42.3. The van der Waals surface area contributed by atoms with Crippen LogP contribution in [0.1, 0.15) is 32.6 Å². The average molecular weight is 368 g/mol. The van der Waals surface area contributed by atoms with Crippen LogP contribution in [0.25, 0.3) is 0 Å². The van der Waals surface area contributed by atoms with Crippen molar-refractivity contribution in [2.75, 3.05) is 0 Å². The Morgan fingerprint density at radius 3 is 2.04 bits per heavy atom. The van der Waals surface area contributed by atoms with E-state index in [-0.39, 0.29) is 30.6 Å². The van der Waals surface area contributed by atoms with Crippen LogP contribution in [0, 0.1) is 35.5 Å². The number of carbonyl (C=O) groups is 1. The summed E-state index contributed by atoms with van der Waals surface area (Å²) < 4.78 is 85.7. The molecule has 0 aliphatic heterocycles. The molecule has 7 atom stereocenters. The lowest BCUT2D eigenvalue weighted by molar-refractivity contribution is -0.155. The molecule has 0 saturated heterocycles. The maximum absolute atomic E-state index is 13.4. The number of hydrogen-bond donors (Lipinski definition) is 0. The molecule has 0 radical (unpaired) electrons. The molecule has 3 fully saturated rings. The number of fused-ring (bicyclic) bond motifs is 9. The van der Waals surface area contributed by atoms with Gasteiger partial charge in [0.15, 0.2) is 0 Å². The standard InChI is InChI=1S/C17H18F6O2/c1-2-11(24)25-10-4-6-3-7(10)13-9-5-8(12(6)13)14(16(18,19)20)15(9)17(21,22)23/h6-10,12-13H,2-5H2,1H3. The first-order valence-corrected chi connectivity index (χ1v) is 8.62. The fourth-order valence-corrected chi connectivity index (χ4v) is 6.27. The summed E-state index contributed by atoms with van der Waals surface area (Å²) in [5.41, 5.74) is -2.69. The third-order valence-corrected chi connectivity index (χ3v) is 6.72. The van der Waals surface area contributed by atoms with Gasteiger partial charge in [0, 0.05) is 17.6 Å². The van der Waals surface area contributed by atoms with Gasteiger partial charge in [-0.15, -0.1) is 0 Å². The van der Waals surface area contributed by atoms with Gasteiger partial charge >= 0.3 is 18.3 Å². The SMILES string of the molecule is CCC(=O)OC1CC2CC1C1C3CC(C(C(F)(F)F)=C3C(F)(F)F)C21. The molecule has 4 aliphatic rings. The number of carbonyl (C=O) groups excluding carboxylic acids is 1. The van der Waals surface area contributed by atoms with Crippen LogP contribution in [0.5, 0.6) is 0 Å². The monoisotopic (exact) mass is 368 g/mol. The number of esters is 1. The smallest absolute Gasteiger partial charge is 0.413 e. The molecule has 8 heteroatoms. The minimum Gasteiger partial charge on any atom is -0.462 e. The van der Waals surface area contributed by atoms with E-state index in [1.165, 1.54) is 0 Å². The first-order chi connectivity index (χ1) is 11.5. The molecule has 4 bridgehead atoms. The summed E-state index contributed by atoms with van der Waals surface area (Å²) in [5, 5.41) is 0. The summed E-state index contributed by atoms with van der Waals surface area (Å²) in [6.07, 6.45) is -9.19. The Balaban J connectivity index is 1.69. The van der Waals surface area contributed by atoms with Crippen molar-refractivity contribution >= 4 is 5.97 Å². The fourth-order valence-electron chi connectivity index (χ4n) is 6.27. The molecule has 0 aromatic rings. The summed E-state index contributed by atoms with van der Waals surface area (Å²) in [7, 11) is 0. The van der Waals surface area contributed by atoms with Gasteiger partial charge in [0.25, 0.3) is 0 Å². The number of allylic oxidation sites excluding steroid dienone is 2. The Morgan fingerprint density at radius 1 is 0.960 bits per heavy atom. The number of alkyl halides is 6. The Labute approximate surface area is 140 Å². The van der Waals surface area contributed by atoms with E-state index in [9.17, 15) is 31.1 Å². The van der Waals surface area contributed by atoms with Gasteiger partial charge in [0.05, 0.1) is 0 Å². The molecule has 0 N–H and O–H groups in total. The van der Waals surface area contributed by atoms with Gasteiger partial charge in [-0.1, -0.05) is 6.92 Å². The second-order valence-electron chi connectivity index (χ2n) is 7.70. The average Bonchev–Trinajstić information content (AvgIpc) is 3.20. The highest BCUT2D eigenvalue weighted by Crippen LogP contribution is 2.72. The van der Waals surface area contributed by atoms with Gasteiger partial charge in [-0.2, -0.15) is 26.3 Å². The maximum Gasteiger partial charge on any atom is 0.413 e. The van der Waals surface area contributed by atoms with Gasteiger partial charge in [-0.05, 0) is 54.8 Å². The van der Waals surface area contributed by atoms with E-state index < -0.39 is 53.3 Å². The predicted molar refractivity (Wildman–Crippen MR) is 74.1 cm³/mol. The van der Waals surface area contributed by atoms with Crippen LogP contribution in [0.3, 0.4) is 0 Å². The Bertz CT molecular complexity index is 634. The van der Waals surface area contributed by atoms with Crippen LogP contribution in [0.15, 0.2) is 11.1 Å². The molecular weight excluding hydrogens is 350 g/mol. The predicted octanol–water partition coefficient (Wildman–Crippen LogP) is 4.65. The van der Waals surface area contributed by atoms with E-state index in [1.54, 1.807) is 6.92 Å². The Hall–Kier alpha value is -1.21. The lowest BCUT2D eigenvalue weighted by Crippen LogP contribution is -2.42. The summed E-state index contributed by atoms with van der Waals surface area (Å²) in [6.45, 7) is 1.63. The number of halogens is 6. The fraction of sp³-hybridized carbons (Fsp3) is 0.824. The third-order valence-electron chi connectivity index (χ3n) is 6.72. The van der Waals surface area contributed by atoms with Crippen molar-refractivity contribution in [1.82, 2.24) is 0 Å². The Kier molecular flexibility index (Phi) is 3.55. The van der Waals surface area contributed by atoms with E-state index in [0.717, 1.165) is 0 Å². The number of ether oxygens (including phenoxy) is 1. The van der Waals surface area contributed by atoms with Crippen molar-refractivity contribution < 1.29 is 35.9 Å². The summed E-state index contributed by atoms with van der Waals surface area (Å²) in [5.74, 6) is -3.68. The number of rotatable bonds is 2. The second-order valence-corrected chi connectivity index (χ2v) is 7.70. The van der Waals surface area contributed by atoms with Gasteiger partial charge in [0.1, 0.15) is 6.10 Å². The van der Waals surface area contributed by atoms with Crippen LogP contribution >= 0.6 is 0 Å². The zero-order chi connectivity index (χ0) is 18.3. The topological polar surface area (TPSA) is 26.3 Å². The zero-order valence-corrected chi connectivity index (χ0v) is 13.5. The van der Waals surface area contributed by atoms with Crippen LogP contribution < -0.4 is 0 Å². The molecule has 0 aromatic carbocycles. The lowest BCUT2D eigenvalue weighted by atomic mass is 9.67. The highest BCUT2D eigenvalue weighted by Gasteiger charge is 2.70. The molecule has 0 amide bonds. The van der Waals surface area contributed by atoms with E-state index in [1.807, 2.05) is 0 Å². The van der Waals surface area contributed by atoms with Gasteiger partial charge in [0.2, 0.25) is 0 Å². The Morgan fingerprint density at radius 2 is 1.52 bits per heavy atom. The largest absolute Gasteiger partial charge is 0.462 e. The molecule has 0 spiro atoms. The summed E-state index contributed by atoms with van der Waals surface area (Å²) in [6, 6.07) is 0. The van der Waals surface area contributed by atoms with E-state index in [4.69, 9.17) is 4.74 Å².